The number of benzene rings is 1. The fraction of sp³-hybridized carbons (Fsp3) is 0.353. The topological polar surface area (TPSA) is 24.9 Å². The normalized spacial score (nSPS) is 12.3. The summed E-state index contributed by atoms with van der Waals surface area (Å²) in [6.45, 7) is 5.13. The smallest absolute Gasteiger partial charge is 0.123 e. The van der Waals surface area contributed by atoms with Crippen molar-refractivity contribution in [3.63, 3.8) is 0 Å². The molecule has 0 spiro atoms. The lowest BCUT2D eigenvalue weighted by atomic mass is 9.99. The first-order valence-electron chi connectivity index (χ1n) is 7.10. The molecule has 2 rings (SSSR count). The zero-order chi connectivity index (χ0) is 14.4. The molecular formula is C17H21FN2. The Kier molecular flexibility index (Phi) is 5.24. The van der Waals surface area contributed by atoms with E-state index in [4.69, 9.17) is 0 Å². The van der Waals surface area contributed by atoms with Crippen LogP contribution in [0.4, 0.5) is 4.39 Å². The van der Waals surface area contributed by atoms with E-state index in [1.165, 1.54) is 6.07 Å². The van der Waals surface area contributed by atoms with Gasteiger partial charge in [0.05, 0.1) is 11.7 Å². The second kappa shape index (κ2) is 7.15. The molecule has 1 aromatic carbocycles. The number of hydrogen-bond donors (Lipinski definition) is 1. The predicted molar refractivity (Wildman–Crippen MR) is 80.1 cm³/mol. The zero-order valence-corrected chi connectivity index (χ0v) is 12.1. The highest BCUT2D eigenvalue weighted by Gasteiger charge is 2.15. The Labute approximate surface area is 120 Å². The Hall–Kier alpha value is -1.74. The second-order valence-electron chi connectivity index (χ2n) is 5.05. The van der Waals surface area contributed by atoms with Crippen LogP contribution in [0.3, 0.4) is 0 Å². The van der Waals surface area contributed by atoms with Crippen LogP contribution in [0.5, 0.6) is 0 Å². The standard InChI is InChI=1S/C17H21FN2/c1-3-9-19-16(17-13(2)6-5-10-20-17)12-14-7-4-8-15(18)11-14/h4-8,10-11,16,19H,3,9,12H2,1-2H3. The third kappa shape index (κ3) is 3.87. The minimum absolute atomic E-state index is 0.123. The Morgan fingerprint density at radius 3 is 2.80 bits per heavy atom. The molecule has 0 aliphatic heterocycles. The van der Waals surface area contributed by atoms with E-state index < -0.39 is 0 Å². The summed E-state index contributed by atoms with van der Waals surface area (Å²) in [6.07, 6.45) is 3.62. The summed E-state index contributed by atoms with van der Waals surface area (Å²) in [5.74, 6) is -0.186. The lowest BCUT2D eigenvalue weighted by Gasteiger charge is -2.20. The Balaban J connectivity index is 2.22. The molecule has 20 heavy (non-hydrogen) atoms. The molecule has 0 bridgehead atoms. The van der Waals surface area contributed by atoms with Crippen molar-refractivity contribution in [3.8, 4) is 0 Å². The average Bonchev–Trinajstić information content (AvgIpc) is 2.44. The van der Waals surface area contributed by atoms with Crippen molar-refractivity contribution >= 4 is 0 Å². The van der Waals surface area contributed by atoms with Crippen LogP contribution < -0.4 is 5.32 Å². The Morgan fingerprint density at radius 1 is 1.25 bits per heavy atom. The Bertz CT molecular complexity index is 554. The number of nitrogens with zero attached hydrogens (tertiary/aromatic N) is 1. The van der Waals surface area contributed by atoms with Crippen LogP contribution in [-0.4, -0.2) is 11.5 Å². The molecule has 0 saturated carbocycles. The summed E-state index contributed by atoms with van der Waals surface area (Å²) in [5, 5.41) is 3.51. The minimum Gasteiger partial charge on any atom is -0.308 e. The molecule has 0 radical (unpaired) electrons. The molecule has 0 fully saturated rings. The van der Waals surface area contributed by atoms with E-state index in [2.05, 4.69) is 30.2 Å². The van der Waals surface area contributed by atoms with E-state index in [1.54, 1.807) is 12.1 Å². The van der Waals surface area contributed by atoms with E-state index in [1.807, 2.05) is 18.3 Å². The van der Waals surface area contributed by atoms with Gasteiger partial charge < -0.3 is 5.32 Å². The zero-order valence-electron chi connectivity index (χ0n) is 12.1. The molecule has 2 nitrogen and oxygen atoms in total. The van der Waals surface area contributed by atoms with Gasteiger partial charge >= 0.3 is 0 Å². The van der Waals surface area contributed by atoms with Gasteiger partial charge in [0.25, 0.3) is 0 Å². The number of aromatic nitrogens is 1. The Morgan fingerprint density at radius 2 is 2.10 bits per heavy atom. The lowest BCUT2D eigenvalue weighted by Crippen LogP contribution is -2.25. The number of rotatable bonds is 6. The quantitative estimate of drug-likeness (QED) is 0.865. The fourth-order valence-corrected chi connectivity index (χ4v) is 2.35. The third-order valence-corrected chi connectivity index (χ3v) is 3.35. The van der Waals surface area contributed by atoms with Crippen molar-refractivity contribution in [2.24, 2.45) is 0 Å². The molecule has 3 heteroatoms. The minimum atomic E-state index is -0.186. The molecule has 1 atom stereocenters. The molecule has 1 unspecified atom stereocenters. The molecule has 1 N–H and O–H groups in total. The fourth-order valence-electron chi connectivity index (χ4n) is 2.35. The van der Waals surface area contributed by atoms with E-state index in [0.717, 1.165) is 36.2 Å². The lowest BCUT2D eigenvalue weighted by molar-refractivity contribution is 0.513. The van der Waals surface area contributed by atoms with Crippen LogP contribution in [0.2, 0.25) is 0 Å². The summed E-state index contributed by atoms with van der Waals surface area (Å²) in [6, 6.07) is 10.9. The van der Waals surface area contributed by atoms with Crippen LogP contribution in [0, 0.1) is 12.7 Å². The van der Waals surface area contributed by atoms with Crippen molar-refractivity contribution in [1.29, 1.82) is 0 Å². The average molecular weight is 272 g/mol. The summed E-state index contributed by atoms with van der Waals surface area (Å²) in [7, 11) is 0. The number of aryl methyl sites for hydroxylation is 1. The molecular weight excluding hydrogens is 251 g/mol. The van der Waals surface area contributed by atoms with Gasteiger partial charge in [0, 0.05) is 6.20 Å². The number of halogens is 1. The van der Waals surface area contributed by atoms with Crippen LogP contribution in [0.25, 0.3) is 0 Å². The van der Waals surface area contributed by atoms with Crippen molar-refractivity contribution in [1.82, 2.24) is 10.3 Å². The van der Waals surface area contributed by atoms with Crippen molar-refractivity contribution in [3.05, 3.63) is 65.2 Å². The van der Waals surface area contributed by atoms with Gasteiger partial charge in [0.1, 0.15) is 5.82 Å². The van der Waals surface area contributed by atoms with Crippen molar-refractivity contribution in [2.75, 3.05) is 6.54 Å². The van der Waals surface area contributed by atoms with E-state index in [0.29, 0.717) is 0 Å². The van der Waals surface area contributed by atoms with Gasteiger partial charge in [-0.2, -0.15) is 0 Å². The molecule has 1 aromatic heterocycles. The van der Waals surface area contributed by atoms with E-state index in [-0.39, 0.29) is 11.9 Å². The number of nitrogens with one attached hydrogen (secondary N) is 1. The molecule has 106 valence electrons. The molecule has 2 aromatic rings. The highest BCUT2D eigenvalue weighted by Crippen LogP contribution is 2.20. The van der Waals surface area contributed by atoms with E-state index >= 15 is 0 Å². The summed E-state index contributed by atoms with van der Waals surface area (Å²) < 4.78 is 13.3. The largest absolute Gasteiger partial charge is 0.308 e. The van der Waals surface area contributed by atoms with Crippen molar-refractivity contribution in [2.45, 2.75) is 32.7 Å². The van der Waals surface area contributed by atoms with Crippen LogP contribution in [-0.2, 0) is 6.42 Å². The number of pyridine rings is 1. The highest BCUT2D eigenvalue weighted by molar-refractivity contribution is 5.25. The number of hydrogen-bond acceptors (Lipinski definition) is 2. The maximum Gasteiger partial charge on any atom is 0.123 e. The van der Waals surface area contributed by atoms with E-state index in [9.17, 15) is 4.39 Å². The van der Waals surface area contributed by atoms with Gasteiger partial charge in [0.15, 0.2) is 0 Å². The predicted octanol–water partition coefficient (Wildman–Crippen LogP) is 3.81. The maximum absolute atomic E-state index is 13.3. The van der Waals surface area contributed by atoms with Gasteiger partial charge in [-0.25, -0.2) is 4.39 Å². The van der Waals surface area contributed by atoms with Crippen LogP contribution in [0.1, 0.15) is 36.2 Å². The summed E-state index contributed by atoms with van der Waals surface area (Å²) >= 11 is 0. The van der Waals surface area contributed by atoms with Gasteiger partial charge in [-0.15, -0.1) is 0 Å². The molecule has 0 aliphatic carbocycles. The SMILES string of the molecule is CCCNC(Cc1cccc(F)c1)c1ncccc1C. The third-order valence-electron chi connectivity index (χ3n) is 3.35. The van der Waals surface area contributed by atoms with Crippen LogP contribution >= 0.6 is 0 Å². The highest BCUT2D eigenvalue weighted by atomic mass is 19.1. The first kappa shape index (κ1) is 14.7. The van der Waals surface area contributed by atoms with Gasteiger partial charge in [0.2, 0.25) is 0 Å². The molecule has 0 amide bonds. The molecule has 0 saturated heterocycles. The summed E-state index contributed by atoms with van der Waals surface area (Å²) in [5.41, 5.74) is 3.20. The monoisotopic (exact) mass is 272 g/mol. The van der Waals surface area contributed by atoms with Gasteiger partial charge in [-0.05, 0) is 55.6 Å². The summed E-state index contributed by atoms with van der Waals surface area (Å²) in [4.78, 5) is 4.49. The van der Waals surface area contributed by atoms with Crippen LogP contribution in [0.15, 0.2) is 42.6 Å². The van der Waals surface area contributed by atoms with Gasteiger partial charge in [-0.3, -0.25) is 4.98 Å². The first-order chi connectivity index (χ1) is 9.70. The first-order valence-corrected chi connectivity index (χ1v) is 7.10. The molecule has 0 aliphatic rings. The molecule has 1 heterocycles. The van der Waals surface area contributed by atoms with Gasteiger partial charge in [-0.1, -0.05) is 25.1 Å². The second-order valence-corrected chi connectivity index (χ2v) is 5.05. The van der Waals surface area contributed by atoms with Crippen molar-refractivity contribution < 1.29 is 4.39 Å². The maximum atomic E-state index is 13.3.